The fourth-order valence-electron chi connectivity index (χ4n) is 1.67. The fraction of sp³-hybridized carbons (Fsp3) is 0.143. The maximum atomic E-state index is 6.21. The Morgan fingerprint density at radius 2 is 1.65 bits per heavy atom. The summed E-state index contributed by atoms with van der Waals surface area (Å²) >= 11 is 9.44. The minimum Gasteiger partial charge on any atom is -0.320 e. The summed E-state index contributed by atoms with van der Waals surface area (Å²) in [7, 11) is 0. The zero-order valence-electron chi connectivity index (χ0n) is 9.45. The maximum Gasteiger partial charge on any atom is 0.0552 e. The highest BCUT2D eigenvalue weighted by Crippen LogP contribution is 2.27. The van der Waals surface area contributed by atoms with Gasteiger partial charge in [-0.15, -0.1) is 0 Å². The van der Waals surface area contributed by atoms with Gasteiger partial charge in [0.25, 0.3) is 0 Å². The molecule has 0 saturated heterocycles. The molecule has 1 unspecified atom stereocenters. The molecule has 0 aliphatic rings. The average molecular weight is 311 g/mol. The molecule has 0 fully saturated rings. The molecule has 1 atom stereocenters. The van der Waals surface area contributed by atoms with Gasteiger partial charge in [0.1, 0.15) is 0 Å². The molecule has 2 N–H and O–H groups in total. The van der Waals surface area contributed by atoms with Crippen LogP contribution in [0.5, 0.6) is 0 Å². The third-order valence-corrected chi connectivity index (χ3v) is 3.97. The van der Waals surface area contributed by atoms with E-state index in [0.29, 0.717) is 5.02 Å². The summed E-state index contributed by atoms with van der Waals surface area (Å²) in [5, 5.41) is 0.685. The van der Waals surface area contributed by atoms with Crippen molar-refractivity contribution in [2.45, 2.75) is 13.0 Å². The predicted octanol–water partition coefficient (Wildman–Crippen LogP) is 4.46. The van der Waals surface area contributed by atoms with Crippen LogP contribution in [0, 0.1) is 6.92 Å². The first-order chi connectivity index (χ1) is 8.08. The van der Waals surface area contributed by atoms with Gasteiger partial charge in [0.05, 0.1) is 11.1 Å². The third kappa shape index (κ3) is 2.89. The highest BCUT2D eigenvalue weighted by atomic mass is 79.9. The van der Waals surface area contributed by atoms with Crippen molar-refractivity contribution in [2.75, 3.05) is 0 Å². The molecule has 0 aliphatic heterocycles. The second kappa shape index (κ2) is 5.21. The standard InChI is InChI=1S/C14H13BrClN/c1-9-2-4-10(5-3-9)14(17)11-6-7-12(15)13(16)8-11/h2-8,14H,17H2,1H3. The summed E-state index contributed by atoms with van der Waals surface area (Å²) < 4.78 is 0.888. The lowest BCUT2D eigenvalue weighted by Gasteiger charge is -2.13. The van der Waals surface area contributed by atoms with Crippen molar-refractivity contribution in [2.24, 2.45) is 5.73 Å². The zero-order valence-corrected chi connectivity index (χ0v) is 11.8. The first kappa shape index (κ1) is 12.6. The minimum atomic E-state index is -0.138. The van der Waals surface area contributed by atoms with Crippen molar-refractivity contribution in [1.29, 1.82) is 0 Å². The molecular weight excluding hydrogens is 298 g/mol. The highest BCUT2D eigenvalue weighted by Gasteiger charge is 2.10. The second-order valence-electron chi connectivity index (χ2n) is 4.06. The first-order valence-corrected chi connectivity index (χ1v) is 6.52. The molecule has 0 amide bonds. The number of hydrogen-bond acceptors (Lipinski definition) is 1. The molecule has 1 nitrogen and oxygen atoms in total. The molecule has 0 saturated carbocycles. The number of benzene rings is 2. The van der Waals surface area contributed by atoms with E-state index >= 15 is 0 Å². The lowest BCUT2D eigenvalue weighted by atomic mass is 9.99. The van der Waals surface area contributed by atoms with Crippen LogP contribution in [0.15, 0.2) is 46.9 Å². The Morgan fingerprint density at radius 1 is 1.06 bits per heavy atom. The van der Waals surface area contributed by atoms with Gasteiger partial charge in [-0.2, -0.15) is 0 Å². The molecular formula is C14H13BrClN. The van der Waals surface area contributed by atoms with Gasteiger partial charge in [0, 0.05) is 4.47 Å². The van der Waals surface area contributed by atoms with Gasteiger partial charge in [-0.1, -0.05) is 47.5 Å². The monoisotopic (exact) mass is 309 g/mol. The summed E-state index contributed by atoms with van der Waals surface area (Å²) in [5.74, 6) is 0. The summed E-state index contributed by atoms with van der Waals surface area (Å²) in [4.78, 5) is 0. The van der Waals surface area contributed by atoms with Gasteiger partial charge in [-0.3, -0.25) is 0 Å². The van der Waals surface area contributed by atoms with Crippen LogP contribution in [-0.2, 0) is 0 Å². The summed E-state index contributed by atoms with van der Waals surface area (Å²) in [6, 6.07) is 13.9. The van der Waals surface area contributed by atoms with Crippen molar-refractivity contribution in [3.8, 4) is 0 Å². The molecule has 0 heterocycles. The Morgan fingerprint density at radius 3 is 2.24 bits per heavy atom. The Hall–Kier alpha value is -0.830. The average Bonchev–Trinajstić information content (AvgIpc) is 2.33. The molecule has 0 radical (unpaired) electrons. The summed E-state index contributed by atoms with van der Waals surface area (Å²) in [6.07, 6.45) is 0. The SMILES string of the molecule is Cc1ccc(C(N)c2ccc(Br)c(Cl)c2)cc1. The minimum absolute atomic E-state index is 0.138. The van der Waals surface area contributed by atoms with Crippen LogP contribution in [0.25, 0.3) is 0 Å². The number of halogens is 2. The number of nitrogens with two attached hydrogens (primary N) is 1. The molecule has 2 aromatic rings. The molecule has 2 rings (SSSR count). The molecule has 0 bridgehead atoms. The molecule has 88 valence electrons. The predicted molar refractivity (Wildman–Crippen MR) is 76.4 cm³/mol. The Bertz CT molecular complexity index is 522. The highest BCUT2D eigenvalue weighted by molar-refractivity contribution is 9.10. The largest absolute Gasteiger partial charge is 0.320 e. The van der Waals surface area contributed by atoms with Crippen LogP contribution in [0.4, 0.5) is 0 Å². The van der Waals surface area contributed by atoms with Crippen LogP contribution < -0.4 is 5.73 Å². The van der Waals surface area contributed by atoms with Crippen LogP contribution in [0.3, 0.4) is 0 Å². The zero-order chi connectivity index (χ0) is 12.4. The van der Waals surface area contributed by atoms with Crippen molar-refractivity contribution >= 4 is 27.5 Å². The van der Waals surface area contributed by atoms with Gasteiger partial charge >= 0.3 is 0 Å². The second-order valence-corrected chi connectivity index (χ2v) is 5.32. The van der Waals surface area contributed by atoms with E-state index in [0.717, 1.165) is 15.6 Å². The Kier molecular flexibility index (Phi) is 3.87. The van der Waals surface area contributed by atoms with Crippen molar-refractivity contribution in [1.82, 2.24) is 0 Å². The Labute approximate surface area is 115 Å². The smallest absolute Gasteiger partial charge is 0.0552 e. The van der Waals surface area contributed by atoms with E-state index in [1.165, 1.54) is 5.56 Å². The molecule has 0 spiro atoms. The van der Waals surface area contributed by atoms with Crippen LogP contribution in [-0.4, -0.2) is 0 Å². The van der Waals surface area contributed by atoms with Crippen molar-refractivity contribution in [3.63, 3.8) is 0 Å². The van der Waals surface area contributed by atoms with E-state index in [-0.39, 0.29) is 6.04 Å². The van der Waals surface area contributed by atoms with Gasteiger partial charge in [0.2, 0.25) is 0 Å². The van der Waals surface area contributed by atoms with E-state index in [4.69, 9.17) is 17.3 Å². The van der Waals surface area contributed by atoms with E-state index in [1.54, 1.807) is 0 Å². The lowest BCUT2D eigenvalue weighted by Crippen LogP contribution is -2.11. The van der Waals surface area contributed by atoms with Crippen molar-refractivity contribution in [3.05, 3.63) is 68.7 Å². The van der Waals surface area contributed by atoms with Gasteiger partial charge < -0.3 is 5.73 Å². The number of rotatable bonds is 2. The first-order valence-electron chi connectivity index (χ1n) is 5.35. The molecule has 17 heavy (non-hydrogen) atoms. The fourth-order valence-corrected chi connectivity index (χ4v) is 2.11. The molecule has 0 aliphatic carbocycles. The third-order valence-electron chi connectivity index (χ3n) is 2.74. The summed E-state index contributed by atoms with van der Waals surface area (Å²) in [6.45, 7) is 2.06. The van der Waals surface area contributed by atoms with E-state index in [1.807, 2.05) is 18.2 Å². The number of hydrogen-bond donors (Lipinski definition) is 1. The van der Waals surface area contributed by atoms with Gasteiger partial charge in [0.15, 0.2) is 0 Å². The topological polar surface area (TPSA) is 26.0 Å². The van der Waals surface area contributed by atoms with Crippen LogP contribution >= 0.6 is 27.5 Å². The van der Waals surface area contributed by atoms with E-state index < -0.39 is 0 Å². The summed E-state index contributed by atoms with van der Waals surface area (Å²) in [5.41, 5.74) is 9.55. The quantitative estimate of drug-likeness (QED) is 0.871. The van der Waals surface area contributed by atoms with Crippen LogP contribution in [0.1, 0.15) is 22.7 Å². The molecule has 0 aromatic heterocycles. The Balaban J connectivity index is 2.33. The van der Waals surface area contributed by atoms with Gasteiger partial charge in [-0.25, -0.2) is 0 Å². The normalized spacial score (nSPS) is 12.5. The van der Waals surface area contributed by atoms with E-state index in [9.17, 15) is 0 Å². The van der Waals surface area contributed by atoms with Crippen molar-refractivity contribution < 1.29 is 0 Å². The van der Waals surface area contributed by atoms with E-state index in [2.05, 4.69) is 47.1 Å². The van der Waals surface area contributed by atoms with Gasteiger partial charge in [-0.05, 0) is 46.1 Å². The van der Waals surface area contributed by atoms with Crippen LogP contribution in [0.2, 0.25) is 5.02 Å². The number of aryl methyl sites for hydroxylation is 1. The molecule has 2 aromatic carbocycles. The molecule has 3 heteroatoms. The maximum absolute atomic E-state index is 6.21. The lowest BCUT2D eigenvalue weighted by molar-refractivity contribution is 0.870.